The Bertz CT molecular complexity index is 470. The van der Waals surface area contributed by atoms with Gasteiger partial charge in [0.15, 0.2) is 0 Å². The molecule has 1 saturated heterocycles. The molecule has 0 aromatic carbocycles. The summed E-state index contributed by atoms with van der Waals surface area (Å²) in [7, 11) is 4.09. The van der Waals surface area contributed by atoms with E-state index in [1.54, 1.807) is 6.92 Å². The summed E-state index contributed by atoms with van der Waals surface area (Å²) in [5.41, 5.74) is 3.35. The highest BCUT2D eigenvalue weighted by Crippen LogP contribution is 2.28. The first-order chi connectivity index (χ1) is 8.97. The van der Waals surface area contributed by atoms with Crippen LogP contribution in [0, 0.1) is 6.92 Å². The molecule has 0 saturated carbocycles. The van der Waals surface area contributed by atoms with Crippen LogP contribution in [0.1, 0.15) is 37.1 Å². The topological polar surface area (TPSA) is 36.4 Å². The number of hydrogen-bond acceptors (Lipinski definition) is 3. The van der Waals surface area contributed by atoms with Crippen LogP contribution in [0.3, 0.4) is 0 Å². The predicted molar refractivity (Wildman–Crippen MR) is 77.5 cm³/mol. The summed E-state index contributed by atoms with van der Waals surface area (Å²) in [6, 6.07) is 4.25. The van der Waals surface area contributed by atoms with Crippen LogP contribution in [0.2, 0.25) is 0 Å². The molecule has 1 unspecified atom stereocenters. The zero-order valence-corrected chi connectivity index (χ0v) is 12.3. The van der Waals surface area contributed by atoms with Crippen LogP contribution in [-0.2, 0) is 4.79 Å². The number of hydrogen-bond donors (Lipinski definition) is 0. The first-order valence-electron chi connectivity index (χ1n) is 6.89. The molecular formula is C15H23N3O. The average Bonchev–Trinajstić information content (AvgIpc) is 2.38. The Balaban J connectivity index is 2.23. The second-order valence-corrected chi connectivity index (χ2v) is 5.59. The SMILES string of the molecule is CC(=O)N1CCCC(c2cc(N(C)C)cc(C)n2)C1. The Morgan fingerprint density at radius 3 is 2.79 bits per heavy atom. The monoisotopic (exact) mass is 261 g/mol. The molecule has 1 atom stereocenters. The van der Waals surface area contributed by atoms with E-state index >= 15 is 0 Å². The third-order valence-corrected chi connectivity index (χ3v) is 3.76. The number of carbonyl (C=O) groups excluding carboxylic acids is 1. The maximum absolute atomic E-state index is 11.5. The fourth-order valence-corrected chi connectivity index (χ4v) is 2.65. The first-order valence-corrected chi connectivity index (χ1v) is 6.89. The minimum absolute atomic E-state index is 0.171. The van der Waals surface area contributed by atoms with Crippen LogP contribution in [0.25, 0.3) is 0 Å². The fraction of sp³-hybridized carbons (Fsp3) is 0.600. The van der Waals surface area contributed by atoms with E-state index in [9.17, 15) is 4.79 Å². The molecule has 1 fully saturated rings. The van der Waals surface area contributed by atoms with Crippen molar-refractivity contribution in [2.75, 3.05) is 32.1 Å². The van der Waals surface area contributed by atoms with Crippen molar-refractivity contribution in [3.63, 3.8) is 0 Å². The number of aromatic nitrogens is 1. The van der Waals surface area contributed by atoms with E-state index in [1.165, 1.54) is 5.69 Å². The Labute approximate surface area is 115 Å². The van der Waals surface area contributed by atoms with Crippen molar-refractivity contribution in [2.45, 2.75) is 32.6 Å². The predicted octanol–water partition coefficient (Wildman–Crippen LogP) is 2.18. The van der Waals surface area contributed by atoms with Gasteiger partial charge in [-0.1, -0.05) is 0 Å². The van der Waals surface area contributed by atoms with Crippen molar-refractivity contribution in [3.8, 4) is 0 Å². The third kappa shape index (κ3) is 3.25. The average molecular weight is 261 g/mol. The highest BCUT2D eigenvalue weighted by molar-refractivity contribution is 5.73. The Morgan fingerprint density at radius 2 is 2.16 bits per heavy atom. The molecular weight excluding hydrogens is 238 g/mol. The summed E-state index contributed by atoms with van der Waals surface area (Å²) in [6.07, 6.45) is 2.18. The van der Waals surface area contributed by atoms with E-state index in [-0.39, 0.29) is 5.91 Å². The van der Waals surface area contributed by atoms with Gasteiger partial charge in [0.05, 0.1) is 0 Å². The standard InChI is InChI=1S/C15H23N3O/c1-11-8-14(17(3)4)9-15(16-11)13-6-5-7-18(10-13)12(2)19/h8-9,13H,5-7,10H2,1-4H3. The fourth-order valence-electron chi connectivity index (χ4n) is 2.65. The number of aryl methyl sites for hydroxylation is 1. The van der Waals surface area contributed by atoms with Crippen LogP contribution in [0.5, 0.6) is 0 Å². The summed E-state index contributed by atoms with van der Waals surface area (Å²) in [6.45, 7) is 5.37. The zero-order valence-electron chi connectivity index (χ0n) is 12.3. The highest BCUT2D eigenvalue weighted by atomic mass is 16.2. The molecule has 1 aromatic heterocycles. The molecule has 4 heteroatoms. The first kappa shape index (κ1) is 13.8. The summed E-state index contributed by atoms with van der Waals surface area (Å²) in [5, 5.41) is 0. The second kappa shape index (κ2) is 5.59. The Hall–Kier alpha value is -1.58. The van der Waals surface area contributed by atoms with Gasteiger partial charge >= 0.3 is 0 Å². The molecule has 0 radical (unpaired) electrons. The van der Waals surface area contributed by atoms with E-state index in [1.807, 2.05) is 25.9 Å². The number of nitrogens with zero attached hydrogens (tertiary/aromatic N) is 3. The summed E-state index contributed by atoms with van der Waals surface area (Å²) >= 11 is 0. The molecule has 19 heavy (non-hydrogen) atoms. The number of pyridine rings is 1. The molecule has 1 amide bonds. The van der Waals surface area contributed by atoms with Gasteiger partial charge in [-0.15, -0.1) is 0 Å². The number of likely N-dealkylation sites (tertiary alicyclic amines) is 1. The van der Waals surface area contributed by atoms with Gasteiger partial charge in [-0.3, -0.25) is 9.78 Å². The van der Waals surface area contributed by atoms with E-state index in [2.05, 4.69) is 22.0 Å². The minimum atomic E-state index is 0.171. The zero-order chi connectivity index (χ0) is 14.0. The van der Waals surface area contributed by atoms with Crippen molar-refractivity contribution < 1.29 is 4.79 Å². The molecule has 0 bridgehead atoms. The normalized spacial score (nSPS) is 19.4. The Kier molecular flexibility index (Phi) is 4.08. The number of anilines is 1. The van der Waals surface area contributed by atoms with Gasteiger partial charge in [0.25, 0.3) is 0 Å². The van der Waals surface area contributed by atoms with Gasteiger partial charge in [0.2, 0.25) is 5.91 Å². The van der Waals surface area contributed by atoms with Crippen molar-refractivity contribution in [1.29, 1.82) is 0 Å². The van der Waals surface area contributed by atoms with Gasteiger partial charge in [-0.2, -0.15) is 0 Å². The van der Waals surface area contributed by atoms with E-state index < -0.39 is 0 Å². The maximum atomic E-state index is 11.5. The van der Waals surface area contributed by atoms with Crippen molar-refractivity contribution in [1.82, 2.24) is 9.88 Å². The Morgan fingerprint density at radius 1 is 1.42 bits per heavy atom. The molecule has 4 nitrogen and oxygen atoms in total. The molecule has 1 aliphatic rings. The largest absolute Gasteiger partial charge is 0.378 e. The van der Waals surface area contributed by atoms with Crippen LogP contribution in [0.15, 0.2) is 12.1 Å². The quantitative estimate of drug-likeness (QED) is 0.818. The highest BCUT2D eigenvalue weighted by Gasteiger charge is 2.24. The van der Waals surface area contributed by atoms with Gasteiger partial charge in [-0.05, 0) is 31.9 Å². The maximum Gasteiger partial charge on any atom is 0.219 e. The van der Waals surface area contributed by atoms with Gasteiger partial charge < -0.3 is 9.80 Å². The molecule has 0 spiro atoms. The molecule has 0 aliphatic carbocycles. The second-order valence-electron chi connectivity index (χ2n) is 5.59. The van der Waals surface area contributed by atoms with Crippen LogP contribution in [-0.4, -0.2) is 43.0 Å². The van der Waals surface area contributed by atoms with Crippen molar-refractivity contribution in [2.24, 2.45) is 0 Å². The van der Waals surface area contributed by atoms with Gasteiger partial charge in [-0.25, -0.2) is 0 Å². The van der Waals surface area contributed by atoms with Crippen molar-refractivity contribution in [3.05, 3.63) is 23.5 Å². The minimum Gasteiger partial charge on any atom is -0.378 e. The molecule has 2 heterocycles. The number of piperidine rings is 1. The number of amides is 1. The smallest absolute Gasteiger partial charge is 0.219 e. The number of rotatable bonds is 2. The summed E-state index contributed by atoms with van der Waals surface area (Å²) in [5.74, 6) is 0.543. The lowest BCUT2D eigenvalue weighted by Gasteiger charge is -2.32. The molecule has 104 valence electrons. The van der Waals surface area contributed by atoms with Crippen molar-refractivity contribution >= 4 is 11.6 Å². The molecule has 0 N–H and O–H groups in total. The van der Waals surface area contributed by atoms with Gasteiger partial charge in [0.1, 0.15) is 0 Å². The third-order valence-electron chi connectivity index (χ3n) is 3.76. The lowest BCUT2D eigenvalue weighted by Crippen LogP contribution is -2.37. The molecule has 1 aliphatic heterocycles. The number of carbonyl (C=O) groups is 1. The summed E-state index contributed by atoms with van der Waals surface area (Å²) in [4.78, 5) is 20.2. The summed E-state index contributed by atoms with van der Waals surface area (Å²) < 4.78 is 0. The molecule has 2 rings (SSSR count). The molecule has 1 aromatic rings. The van der Waals surface area contributed by atoms with E-state index in [0.717, 1.165) is 37.3 Å². The van der Waals surface area contributed by atoms with E-state index in [0.29, 0.717) is 5.92 Å². The van der Waals surface area contributed by atoms with Crippen LogP contribution in [0.4, 0.5) is 5.69 Å². The van der Waals surface area contributed by atoms with Crippen LogP contribution >= 0.6 is 0 Å². The lowest BCUT2D eigenvalue weighted by molar-refractivity contribution is -0.130. The van der Waals surface area contributed by atoms with E-state index in [4.69, 9.17) is 0 Å². The van der Waals surface area contributed by atoms with Gasteiger partial charge in [0, 0.05) is 57.1 Å². The lowest BCUT2D eigenvalue weighted by atomic mass is 9.93. The van der Waals surface area contributed by atoms with Crippen LogP contribution < -0.4 is 4.90 Å².